The third-order valence-corrected chi connectivity index (χ3v) is 2.99. The van der Waals surface area contributed by atoms with Crippen LogP contribution in [0, 0.1) is 10.1 Å². The minimum absolute atomic E-state index is 0.0687. The lowest BCUT2D eigenvalue weighted by molar-refractivity contribution is -0.384. The van der Waals surface area contributed by atoms with Crippen LogP contribution in [0.2, 0.25) is 5.02 Å². The molecule has 0 atom stereocenters. The predicted octanol–water partition coefficient (Wildman–Crippen LogP) is 3.88. The first-order valence-corrected chi connectivity index (χ1v) is 6.31. The number of rotatable bonds is 3. The van der Waals surface area contributed by atoms with E-state index in [2.05, 4.69) is 0 Å². The molecule has 0 saturated heterocycles. The second kappa shape index (κ2) is 6.23. The van der Waals surface area contributed by atoms with Crippen LogP contribution in [0.4, 0.5) is 16.2 Å². The van der Waals surface area contributed by atoms with Crippen molar-refractivity contribution in [3.8, 4) is 5.75 Å². The Labute approximate surface area is 125 Å². The molecule has 0 aromatic heterocycles. The van der Waals surface area contributed by atoms with Crippen LogP contribution in [0.1, 0.15) is 0 Å². The molecule has 0 aliphatic rings. The Morgan fingerprint density at radius 1 is 1.14 bits per heavy atom. The van der Waals surface area contributed by atoms with Gasteiger partial charge in [0.25, 0.3) is 5.69 Å². The number of carbonyl (C=O) groups excluding carboxylic acids is 1. The van der Waals surface area contributed by atoms with Gasteiger partial charge in [0.05, 0.1) is 4.92 Å². The van der Waals surface area contributed by atoms with Crippen LogP contribution < -0.4 is 9.64 Å². The molecule has 0 aliphatic carbocycles. The third kappa shape index (κ3) is 3.70. The zero-order valence-electron chi connectivity index (χ0n) is 11.0. The molecule has 2 aromatic rings. The van der Waals surface area contributed by atoms with Gasteiger partial charge in [0.1, 0.15) is 5.75 Å². The minimum Gasteiger partial charge on any atom is -0.410 e. The largest absolute Gasteiger partial charge is 0.419 e. The molecular weight excluding hydrogens is 296 g/mol. The Balaban J connectivity index is 2.06. The van der Waals surface area contributed by atoms with Crippen molar-refractivity contribution in [2.24, 2.45) is 0 Å². The predicted molar refractivity (Wildman–Crippen MR) is 79.0 cm³/mol. The van der Waals surface area contributed by atoms with E-state index in [1.165, 1.54) is 29.2 Å². The lowest BCUT2D eigenvalue weighted by Gasteiger charge is -2.16. The fourth-order valence-electron chi connectivity index (χ4n) is 1.58. The summed E-state index contributed by atoms with van der Waals surface area (Å²) in [6.07, 6.45) is -0.605. The molecule has 7 heteroatoms. The van der Waals surface area contributed by atoms with Crippen molar-refractivity contribution >= 4 is 29.1 Å². The molecule has 0 N–H and O–H groups in total. The summed E-state index contributed by atoms with van der Waals surface area (Å²) < 4.78 is 5.13. The highest BCUT2D eigenvalue weighted by Gasteiger charge is 2.14. The average Bonchev–Trinajstić information content (AvgIpc) is 2.47. The fourth-order valence-corrected chi connectivity index (χ4v) is 1.70. The monoisotopic (exact) mass is 306 g/mol. The zero-order chi connectivity index (χ0) is 15.4. The van der Waals surface area contributed by atoms with Crippen molar-refractivity contribution in [1.82, 2.24) is 0 Å². The van der Waals surface area contributed by atoms with E-state index >= 15 is 0 Å². The number of carbonyl (C=O) groups is 1. The Morgan fingerprint density at radius 2 is 1.71 bits per heavy atom. The highest BCUT2D eigenvalue weighted by molar-refractivity contribution is 6.30. The molecule has 0 heterocycles. The highest BCUT2D eigenvalue weighted by atomic mass is 35.5. The summed E-state index contributed by atoms with van der Waals surface area (Å²) in [5.74, 6) is 0.228. The molecule has 0 fully saturated rings. The molecule has 6 nitrogen and oxygen atoms in total. The Hall–Kier alpha value is -2.60. The maximum absolute atomic E-state index is 12.0. The fraction of sp³-hybridized carbons (Fsp3) is 0.0714. The number of ether oxygens (including phenoxy) is 1. The summed E-state index contributed by atoms with van der Waals surface area (Å²) in [6.45, 7) is 0. The first-order valence-electron chi connectivity index (χ1n) is 5.93. The summed E-state index contributed by atoms with van der Waals surface area (Å²) in [5, 5.41) is 11.1. The van der Waals surface area contributed by atoms with Gasteiger partial charge in [-0.05, 0) is 36.4 Å². The van der Waals surface area contributed by atoms with Crippen molar-refractivity contribution < 1.29 is 14.5 Å². The molecule has 2 aromatic carbocycles. The van der Waals surface area contributed by atoms with Gasteiger partial charge in [-0.1, -0.05) is 11.6 Å². The molecule has 0 bridgehead atoms. The zero-order valence-corrected chi connectivity index (χ0v) is 11.8. The standard InChI is InChI=1S/C14H11ClN2O4/c1-16(11-4-2-10(15)3-5-11)14(18)21-13-8-6-12(7-9-13)17(19)20/h2-9H,1H3. The SMILES string of the molecule is CN(C(=O)Oc1ccc([N+](=O)[O-])cc1)c1ccc(Cl)cc1. The lowest BCUT2D eigenvalue weighted by atomic mass is 10.3. The van der Waals surface area contributed by atoms with Crippen LogP contribution in [0.15, 0.2) is 48.5 Å². The second-order valence-corrected chi connectivity index (χ2v) is 4.59. The van der Waals surface area contributed by atoms with Crippen LogP contribution in [0.3, 0.4) is 0 Å². The van der Waals surface area contributed by atoms with Gasteiger partial charge in [-0.2, -0.15) is 0 Å². The molecule has 1 amide bonds. The first-order chi connectivity index (χ1) is 9.97. The van der Waals surface area contributed by atoms with Gasteiger partial charge in [-0.25, -0.2) is 4.79 Å². The van der Waals surface area contributed by atoms with Crippen molar-refractivity contribution in [3.05, 3.63) is 63.7 Å². The summed E-state index contributed by atoms with van der Waals surface area (Å²) >= 11 is 5.78. The van der Waals surface area contributed by atoms with Gasteiger partial charge < -0.3 is 4.74 Å². The van der Waals surface area contributed by atoms with Gasteiger partial charge in [0, 0.05) is 29.9 Å². The highest BCUT2D eigenvalue weighted by Crippen LogP contribution is 2.20. The number of amides is 1. The Bertz CT molecular complexity index is 656. The molecule has 0 spiro atoms. The molecule has 0 unspecified atom stereocenters. The molecule has 21 heavy (non-hydrogen) atoms. The number of hydrogen-bond donors (Lipinski definition) is 0. The van der Waals surface area contributed by atoms with Crippen LogP contribution in [-0.4, -0.2) is 18.1 Å². The van der Waals surface area contributed by atoms with E-state index in [0.29, 0.717) is 10.7 Å². The number of hydrogen-bond acceptors (Lipinski definition) is 4. The number of halogens is 1. The summed E-state index contributed by atoms with van der Waals surface area (Å²) in [4.78, 5) is 23.3. The Kier molecular flexibility index (Phi) is 4.39. The van der Waals surface area contributed by atoms with E-state index in [1.807, 2.05) is 0 Å². The van der Waals surface area contributed by atoms with E-state index < -0.39 is 11.0 Å². The van der Waals surface area contributed by atoms with Crippen LogP contribution in [0.25, 0.3) is 0 Å². The molecule has 2 rings (SSSR count). The number of nitrogens with zero attached hydrogens (tertiary/aromatic N) is 2. The molecular formula is C14H11ClN2O4. The van der Waals surface area contributed by atoms with Crippen LogP contribution in [-0.2, 0) is 0 Å². The van der Waals surface area contributed by atoms with Gasteiger partial charge in [0.2, 0.25) is 0 Å². The molecule has 0 aliphatic heterocycles. The number of nitro benzene ring substituents is 1. The summed E-state index contributed by atoms with van der Waals surface area (Å²) in [6, 6.07) is 11.9. The van der Waals surface area contributed by atoms with Crippen molar-refractivity contribution in [1.29, 1.82) is 0 Å². The number of benzene rings is 2. The summed E-state index contributed by atoms with van der Waals surface area (Å²) in [7, 11) is 1.55. The number of nitro groups is 1. The number of non-ortho nitro benzene ring substituents is 1. The maximum atomic E-state index is 12.0. The van der Waals surface area contributed by atoms with Crippen molar-refractivity contribution in [2.45, 2.75) is 0 Å². The minimum atomic E-state index is -0.605. The van der Waals surface area contributed by atoms with Crippen LogP contribution in [0.5, 0.6) is 5.75 Å². The van der Waals surface area contributed by atoms with E-state index in [9.17, 15) is 14.9 Å². The number of anilines is 1. The van der Waals surface area contributed by atoms with Crippen molar-refractivity contribution in [2.75, 3.05) is 11.9 Å². The van der Waals surface area contributed by atoms with Gasteiger partial charge in [-0.3, -0.25) is 15.0 Å². The lowest BCUT2D eigenvalue weighted by Crippen LogP contribution is -2.29. The summed E-state index contributed by atoms with van der Waals surface area (Å²) in [5.41, 5.74) is 0.548. The third-order valence-electron chi connectivity index (χ3n) is 2.74. The van der Waals surface area contributed by atoms with E-state index in [4.69, 9.17) is 16.3 Å². The second-order valence-electron chi connectivity index (χ2n) is 4.15. The van der Waals surface area contributed by atoms with Gasteiger partial charge >= 0.3 is 6.09 Å². The Morgan fingerprint density at radius 3 is 2.24 bits per heavy atom. The quantitative estimate of drug-likeness (QED) is 0.637. The van der Waals surface area contributed by atoms with Crippen molar-refractivity contribution in [3.63, 3.8) is 0 Å². The molecule has 0 radical (unpaired) electrons. The van der Waals surface area contributed by atoms with Gasteiger partial charge in [-0.15, -0.1) is 0 Å². The van der Waals surface area contributed by atoms with E-state index in [0.717, 1.165) is 0 Å². The van der Waals surface area contributed by atoms with Crippen LogP contribution >= 0.6 is 11.6 Å². The normalized spacial score (nSPS) is 10.0. The van der Waals surface area contributed by atoms with Gasteiger partial charge in [0.15, 0.2) is 0 Å². The maximum Gasteiger partial charge on any atom is 0.419 e. The van der Waals surface area contributed by atoms with E-state index in [-0.39, 0.29) is 11.4 Å². The smallest absolute Gasteiger partial charge is 0.410 e. The first kappa shape index (κ1) is 14.8. The average molecular weight is 307 g/mol. The molecule has 108 valence electrons. The molecule has 0 saturated carbocycles. The topological polar surface area (TPSA) is 72.7 Å². The van der Waals surface area contributed by atoms with E-state index in [1.54, 1.807) is 31.3 Å².